The Labute approximate surface area is 139 Å². The predicted octanol–water partition coefficient (Wildman–Crippen LogP) is 3.56. The number of aromatic nitrogens is 2. The number of fused-ring (bicyclic) bond motifs is 1. The van der Waals surface area contributed by atoms with Gasteiger partial charge in [0.1, 0.15) is 17.9 Å². The van der Waals surface area contributed by atoms with Crippen LogP contribution in [0.3, 0.4) is 0 Å². The minimum absolute atomic E-state index is 0.370. The fourth-order valence-electron chi connectivity index (χ4n) is 2.74. The largest absolute Gasteiger partial charge is 0.497 e. The average Bonchev–Trinajstić information content (AvgIpc) is 2.58. The molecule has 0 aliphatic rings. The number of hydrogen-bond acceptors (Lipinski definition) is 5. The minimum atomic E-state index is 0.370. The molecule has 5 heteroatoms. The summed E-state index contributed by atoms with van der Waals surface area (Å²) in [5.74, 6) is 1.70. The summed E-state index contributed by atoms with van der Waals surface area (Å²) in [4.78, 5) is 11.2. The van der Waals surface area contributed by atoms with Gasteiger partial charge in [-0.1, -0.05) is 13.8 Å². The molecular weight excluding hydrogens is 288 g/mol. The summed E-state index contributed by atoms with van der Waals surface area (Å²) < 4.78 is 5.31. The van der Waals surface area contributed by atoms with Crippen molar-refractivity contribution in [1.82, 2.24) is 14.9 Å². The van der Waals surface area contributed by atoms with E-state index in [0.717, 1.165) is 48.5 Å². The normalized spacial score (nSPS) is 12.6. The lowest BCUT2D eigenvalue weighted by atomic mass is 10.1. The van der Waals surface area contributed by atoms with Crippen molar-refractivity contribution in [3.8, 4) is 5.75 Å². The van der Waals surface area contributed by atoms with E-state index in [4.69, 9.17) is 4.74 Å². The second kappa shape index (κ2) is 8.67. The average molecular weight is 316 g/mol. The number of rotatable bonds is 9. The lowest BCUT2D eigenvalue weighted by Gasteiger charge is -2.20. The molecule has 1 aromatic carbocycles. The van der Waals surface area contributed by atoms with Gasteiger partial charge >= 0.3 is 0 Å². The molecule has 0 radical (unpaired) electrons. The fourth-order valence-corrected chi connectivity index (χ4v) is 2.74. The van der Waals surface area contributed by atoms with E-state index < -0.39 is 0 Å². The summed E-state index contributed by atoms with van der Waals surface area (Å²) in [7, 11) is 1.67. The lowest BCUT2D eigenvalue weighted by Crippen LogP contribution is -2.25. The third-order valence-corrected chi connectivity index (χ3v) is 4.23. The van der Waals surface area contributed by atoms with E-state index in [-0.39, 0.29) is 0 Å². The summed E-state index contributed by atoms with van der Waals surface area (Å²) in [6, 6.07) is 6.24. The SMILES string of the molecule is CCN(CC)CCC[C@@H](C)Nc1ncnc2ccc(OC)cc12. The number of ether oxygens (including phenoxy) is 1. The Morgan fingerprint density at radius 2 is 2.00 bits per heavy atom. The molecule has 2 aromatic rings. The first kappa shape index (κ1) is 17.5. The maximum absolute atomic E-state index is 5.31. The molecule has 0 fully saturated rings. The molecule has 0 aliphatic carbocycles. The second-order valence-corrected chi connectivity index (χ2v) is 5.82. The Kier molecular flexibility index (Phi) is 6.59. The molecule has 1 atom stereocenters. The Hall–Kier alpha value is -1.88. The van der Waals surface area contributed by atoms with E-state index in [0.29, 0.717) is 6.04 Å². The highest BCUT2D eigenvalue weighted by Crippen LogP contribution is 2.24. The molecule has 0 unspecified atom stereocenters. The summed E-state index contributed by atoms with van der Waals surface area (Å²) in [6.45, 7) is 10.0. The zero-order valence-corrected chi connectivity index (χ0v) is 14.7. The van der Waals surface area contributed by atoms with Crippen molar-refractivity contribution in [1.29, 1.82) is 0 Å². The van der Waals surface area contributed by atoms with Gasteiger partial charge in [-0.3, -0.25) is 0 Å². The molecule has 0 amide bonds. The van der Waals surface area contributed by atoms with Crippen LogP contribution in [0, 0.1) is 0 Å². The first-order chi connectivity index (χ1) is 11.2. The van der Waals surface area contributed by atoms with Crippen molar-refractivity contribution in [2.45, 2.75) is 39.7 Å². The fraction of sp³-hybridized carbons (Fsp3) is 0.556. The number of anilines is 1. The first-order valence-electron chi connectivity index (χ1n) is 8.45. The van der Waals surface area contributed by atoms with Crippen LogP contribution in [0.4, 0.5) is 5.82 Å². The van der Waals surface area contributed by atoms with Gasteiger partial charge < -0.3 is 15.0 Å². The summed E-state index contributed by atoms with van der Waals surface area (Å²) in [5, 5.41) is 4.52. The monoisotopic (exact) mass is 316 g/mol. The van der Waals surface area contributed by atoms with E-state index >= 15 is 0 Å². The van der Waals surface area contributed by atoms with Crippen LogP contribution in [-0.4, -0.2) is 47.7 Å². The molecule has 126 valence electrons. The van der Waals surface area contributed by atoms with Crippen molar-refractivity contribution < 1.29 is 4.74 Å². The lowest BCUT2D eigenvalue weighted by molar-refractivity contribution is 0.295. The third kappa shape index (κ3) is 4.79. The Morgan fingerprint density at radius 1 is 1.22 bits per heavy atom. The Bertz CT molecular complexity index is 613. The van der Waals surface area contributed by atoms with Gasteiger partial charge in [-0.15, -0.1) is 0 Å². The zero-order valence-electron chi connectivity index (χ0n) is 14.7. The number of hydrogen-bond donors (Lipinski definition) is 1. The second-order valence-electron chi connectivity index (χ2n) is 5.82. The summed E-state index contributed by atoms with van der Waals surface area (Å²) in [5.41, 5.74) is 0.929. The highest BCUT2D eigenvalue weighted by molar-refractivity contribution is 5.90. The van der Waals surface area contributed by atoms with E-state index in [1.54, 1.807) is 13.4 Å². The molecule has 1 aromatic heterocycles. The van der Waals surface area contributed by atoms with Gasteiger partial charge in [0.25, 0.3) is 0 Å². The highest BCUT2D eigenvalue weighted by atomic mass is 16.5. The van der Waals surface area contributed by atoms with Crippen LogP contribution in [0.15, 0.2) is 24.5 Å². The van der Waals surface area contributed by atoms with E-state index in [9.17, 15) is 0 Å². The van der Waals surface area contributed by atoms with Crippen molar-refractivity contribution in [2.75, 3.05) is 32.1 Å². The van der Waals surface area contributed by atoms with Crippen LogP contribution in [0.2, 0.25) is 0 Å². The van der Waals surface area contributed by atoms with Crippen LogP contribution in [0.25, 0.3) is 10.9 Å². The molecule has 0 aliphatic heterocycles. The number of benzene rings is 1. The first-order valence-corrected chi connectivity index (χ1v) is 8.45. The molecule has 2 rings (SSSR count). The molecule has 0 spiro atoms. The molecule has 1 heterocycles. The van der Waals surface area contributed by atoms with Crippen LogP contribution < -0.4 is 10.1 Å². The summed E-state index contributed by atoms with van der Waals surface area (Å²) >= 11 is 0. The van der Waals surface area contributed by atoms with Gasteiger partial charge in [0.2, 0.25) is 0 Å². The number of methoxy groups -OCH3 is 1. The summed E-state index contributed by atoms with van der Waals surface area (Å²) in [6.07, 6.45) is 3.91. The van der Waals surface area contributed by atoms with Crippen LogP contribution in [-0.2, 0) is 0 Å². The van der Waals surface area contributed by atoms with E-state index in [1.165, 1.54) is 6.42 Å². The van der Waals surface area contributed by atoms with Gasteiger partial charge in [-0.05, 0) is 57.6 Å². The van der Waals surface area contributed by atoms with Crippen molar-refractivity contribution in [3.05, 3.63) is 24.5 Å². The molecule has 0 saturated heterocycles. The van der Waals surface area contributed by atoms with Gasteiger partial charge in [-0.2, -0.15) is 0 Å². The van der Waals surface area contributed by atoms with E-state index in [2.05, 4.69) is 41.0 Å². The van der Waals surface area contributed by atoms with Crippen molar-refractivity contribution >= 4 is 16.7 Å². The van der Waals surface area contributed by atoms with Crippen LogP contribution >= 0.6 is 0 Å². The van der Waals surface area contributed by atoms with Gasteiger partial charge in [0.05, 0.1) is 12.6 Å². The maximum Gasteiger partial charge on any atom is 0.137 e. The molecule has 5 nitrogen and oxygen atoms in total. The topological polar surface area (TPSA) is 50.3 Å². The van der Waals surface area contributed by atoms with Gasteiger partial charge in [-0.25, -0.2) is 9.97 Å². The highest BCUT2D eigenvalue weighted by Gasteiger charge is 2.09. The standard InChI is InChI=1S/C18H28N4O/c1-5-22(6-2)11-7-8-14(3)21-18-16-12-15(23-4)9-10-17(16)19-13-20-18/h9-10,12-14H,5-8,11H2,1-4H3,(H,19,20,21)/t14-/m1/s1. The quantitative estimate of drug-likeness (QED) is 0.766. The molecule has 1 N–H and O–H groups in total. The van der Waals surface area contributed by atoms with Gasteiger partial charge in [0, 0.05) is 11.4 Å². The maximum atomic E-state index is 5.31. The molecule has 0 saturated carbocycles. The molecular formula is C18H28N4O. The Morgan fingerprint density at radius 3 is 2.70 bits per heavy atom. The van der Waals surface area contributed by atoms with Gasteiger partial charge in [0.15, 0.2) is 0 Å². The van der Waals surface area contributed by atoms with E-state index in [1.807, 2.05) is 18.2 Å². The zero-order chi connectivity index (χ0) is 16.7. The molecule has 0 bridgehead atoms. The molecule has 23 heavy (non-hydrogen) atoms. The smallest absolute Gasteiger partial charge is 0.137 e. The number of nitrogens with one attached hydrogen (secondary N) is 1. The van der Waals surface area contributed by atoms with Crippen LogP contribution in [0.5, 0.6) is 5.75 Å². The minimum Gasteiger partial charge on any atom is -0.497 e. The third-order valence-electron chi connectivity index (χ3n) is 4.23. The number of nitrogens with zero attached hydrogens (tertiary/aromatic N) is 3. The predicted molar refractivity (Wildman–Crippen MR) is 96.2 cm³/mol. The van der Waals surface area contributed by atoms with Crippen LogP contribution in [0.1, 0.15) is 33.6 Å². The van der Waals surface area contributed by atoms with Crippen molar-refractivity contribution in [2.24, 2.45) is 0 Å². The van der Waals surface area contributed by atoms with Crippen molar-refractivity contribution in [3.63, 3.8) is 0 Å². The Balaban J connectivity index is 2.00.